The molecule has 168 valence electrons. The van der Waals surface area contributed by atoms with Crippen LogP contribution in [0.15, 0.2) is 65.1 Å². The molecule has 3 aromatic rings. The third kappa shape index (κ3) is 6.71. The van der Waals surface area contributed by atoms with Crippen molar-refractivity contribution in [3.63, 3.8) is 0 Å². The number of carbonyl (C=O) groups excluding carboxylic acids is 1. The van der Waals surface area contributed by atoms with Gasteiger partial charge in [-0.05, 0) is 78.2 Å². The largest absolute Gasteiger partial charge is 0.490 e. The number of ether oxygens (including phenoxy) is 2. The van der Waals surface area contributed by atoms with Crippen molar-refractivity contribution in [2.24, 2.45) is 0 Å². The first-order chi connectivity index (χ1) is 15.9. The maximum Gasteiger partial charge on any atom is 0.262 e. The molecule has 0 aromatic heterocycles. The molecule has 0 aliphatic carbocycles. The SMILES string of the molecule is CCOc1cc(/C=C(/C#N)c2ccc(C)cc2)cc(Br)c1OCC(=O)Nc1ccc(C)cc1. The van der Waals surface area contributed by atoms with Crippen LogP contribution in [0.3, 0.4) is 0 Å². The minimum Gasteiger partial charge on any atom is -0.490 e. The fraction of sp³-hybridized carbons (Fsp3) is 0.185. The summed E-state index contributed by atoms with van der Waals surface area (Å²) in [6.07, 6.45) is 1.80. The van der Waals surface area contributed by atoms with E-state index < -0.39 is 0 Å². The summed E-state index contributed by atoms with van der Waals surface area (Å²) in [4.78, 5) is 12.3. The van der Waals surface area contributed by atoms with E-state index in [1.165, 1.54) is 0 Å². The predicted molar refractivity (Wildman–Crippen MR) is 135 cm³/mol. The Bertz CT molecular complexity index is 1190. The molecular formula is C27H25BrN2O3. The number of hydrogen-bond donors (Lipinski definition) is 1. The molecule has 0 radical (unpaired) electrons. The van der Waals surface area contributed by atoms with Crippen LogP contribution in [0.25, 0.3) is 11.6 Å². The van der Waals surface area contributed by atoms with Gasteiger partial charge in [0.2, 0.25) is 0 Å². The summed E-state index contributed by atoms with van der Waals surface area (Å²) >= 11 is 3.52. The van der Waals surface area contributed by atoms with Crippen LogP contribution in [0.1, 0.15) is 29.2 Å². The Hall–Kier alpha value is -3.56. The van der Waals surface area contributed by atoms with E-state index in [0.29, 0.717) is 33.8 Å². The number of halogens is 1. The maximum atomic E-state index is 12.3. The molecule has 6 heteroatoms. The smallest absolute Gasteiger partial charge is 0.262 e. The molecule has 3 rings (SSSR count). The average Bonchev–Trinajstić information content (AvgIpc) is 2.79. The molecule has 3 aromatic carbocycles. The zero-order chi connectivity index (χ0) is 23.8. The molecular weight excluding hydrogens is 480 g/mol. The molecule has 1 amide bonds. The number of allylic oxidation sites excluding steroid dienone is 1. The molecule has 0 unspecified atom stereocenters. The van der Waals surface area contributed by atoms with E-state index in [1.54, 1.807) is 12.1 Å². The van der Waals surface area contributed by atoms with E-state index in [9.17, 15) is 10.1 Å². The number of nitrogens with zero attached hydrogens (tertiary/aromatic N) is 1. The molecule has 33 heavy (non-hydrogen) atoms. The number of nitrogens with one attached hydrogen (secondary N) is 1. The molecule has 0 spiro atoms. The van der Waals surface area contributed by atoms with E-state index in [-0.39, 0.29) is 12.5 Å². The molecule has 5 nitrogen and oxygen atoms in total. The Balaban J connectivity index is 1.80. The van der Waals surface area contributed by atoms with Crippen LogP contribution < -0.4 is 14.8 Å². The Morgan fingerprint density at radius 2 is 1.67 bits per heavy atom. The molecule has 0 aliphatic heterocycles. The van der Waals surface area contributed by atoms with Crippen molar-refractivity contribution in [2.45, 2.75) is 20.8 Å². The highest BCUT2D eigenvalue weighted by Crippen LogP contribution is 2.38. The Kier molecular flexibility index (Phi) is 8.28. The lowest BCUT2D eigenvalue weighted by molar-refractivity contribution is -0.118. The van der Waals surface area contributed by atoms with Gasteiger partial charge in [-0.2, -0.15) is 5.26 Å². The fourth-order valence-electron chi connectivity index (χ4n) is 3.13. The van der Waals surface area contributed by atoms with Crippen molar-refractivity contribution in [3.8, 4) is 17.6 Å². The number of amides is 1. The van der Waals surface area contributed by atoms with Gasteiger partial charge in [0.1, 0.15) is 0 Å². The number of benzene rings is 3. The van der Waals surface area contributed by atoms with E-state index >= 15 is 0 Å². The Morgan fingerprint density at radius 3 is 2.27 bits per heavy atom. The van der Waals surface area contributed by atoms with Gasteiger partial charge in [0, 0.05) is 5.69 Å². The highest BCUT2D eigenvalue weighted by molar-refractivity contribution is 9.10. The van der Waals surface area contributed by atoms with Crippen LogP contribution >= 0.6 is 15.9 Å². The highest BCUT2D eigenvalue weighted by Gasteiger charge is 2.14. The molecule has 0 heterocycles. The van der Waals surface area contributed by atoms with E-state index in [4.69, 9.17) is 9.47 Å². The summed E-state index contributed by atoms with van der Waals surface area (Å²) in [6.45, 7) is 6.12. The minimum atomic E-state index is -0.275. The number of carbonyl (C=O) groups is 1. The van der Waals surface area contributed by atoms with Crippen LogP contribution in [0.5, 0.6) is 11.5 Å². The Labute approximate surface area is 202 Å². The second-order valence-corrected chi connectivity index (χ2v) is 8.36. The number of aryl methyl sites for hydroxylation is 2. The summed E-state index contributed by atoms with van der Waals surface area (Å²) < 4.78 is 12.2. The summed E-state index contributed by atoms with van der Waals surface area (Å²) in [6, 6.07) is 21.2. The van der Waals surface area contributed by atoms with E-state index in [1.807, 2.05) is 75.4 Å². The molecule has 1 N–H and O–H groups in total. The second-order valence-electron chi connectivity index (χ2n) is 7.50. The standard InChI is InChI=1S/C27H25BrN2O3/c1-4-32-25-15-20(13-22(16-29)21-9-5-18(2)6-10-21)14-24(28)27(25)33-17-26(31)30-23-11-7-19(3)8-12-23/h5-15H,4,17H2,1-3H3,(H,30,31)/b22-13-. The van der Waals surface area contributed by atoms with Gasteiger partial charge in [0.05, 0.1) is 22.7 Å². The number of anilines is 1. The normalized spacial score (nSPS) is 10.9. The summed E-state index contributed by atoms with van der Waals surface area (Å²) in [5, 5.41) is 12.5. The van der Waals surface area contributed by atoms with E-state index in [0.717, 1.165) is 22.3 Å². The van der Waals surface area contributed by atoms with Crippen LogP contribution in [0, 0.1) is 25.2 Å². The topological polar surface area (TPSA) is 71.3 Å². The fourth-order valence-corrected chi connectivity index (χ4v) is 3.70. The third-order valence-electron chi connectivity index (χ3n) is 4.81. The van der Waals surface area contributed by atoms with Crippen LogP contribution in [0.4, 0.5) is 5.69 Å². The zero-order valence-corrected chi connectivity index (χ0v) is 20.4. The molecule has 0 bridgehead atoms. The van der Waals surface area contributed by atoms with Crippen LogP contribution in [0.2, 0.25) is 0 Å². The lowest BCUT2D eigenvalue weighted by atomic mass is 10.0. The molecule has 0 saturated heterocycles. The maximum absolute atomic E-state index is 12.3. The lowest BCUT2D eigenvalue weighted by Gasteiger charge is -2.15. The van der Waals surface area contributed by atoms with Gasteiger partial charge in [0.25, 0.3) is 5.91 Å². The number of hydrogen-bond acceptors (Lipinski definition) is 4. The van der Waals surface area contributed by atoms with Crippen molar-refractivity contribution < 1.29 is 14.3 Å². The van der Waals surface area contributed by atoms with Crippen molar-refractivity contribution in [3.05, 3.63) is 87.4 Å². The van der Waals surface area contributed by atoms with Crippen molar-refractivity contribution >= 4 is 39.2 Å². The molecule has 0 fully saturated rings. The average molecular weight is 505 g/mol. The first-order valence-corrected chi connectivity index (χ1v) is 11.3. The number of rotatable bonds is 8. The van der Waals surface area contributed by atoms with Gasteiger partial charge >= 0.3 is 0 Å². The molecule has 0 atom stereocenters. The van der Waals surface area contributed by atoms with Gasteiger partial charge in [-0.25, -0.2) is 0 Å². The highest BCUT2D eigenvalue weighted by atomic mass is 79.9. The Morgan fingerprint density at radius 1 is 1.03 bits per heavy atom. The van der Waals surface area contributed by atoms with Gasteiger partial charge < -0.3 is 14.8 Å². The number of nitriles is 1. The van der Waals surface area contributed by atoms with Crippen molar-refractivity contribution in [1.29, 1.82) is 5.26 Å². The van der Waals surface area contributed by atoms with E-state index in [2.05, 4.69) is 27.3 Å². The second kappa shape index (κ2) is 11.3. The summed E-state index contributed by atoms with van der Waals surface area (Å²) in [5.41, 5.74) is 5.11. The lowest BCUT2D eigenvalue weighted by Crippen LogP contribution is -2.20. The summed E-state index contributed by atoms with van der Waals surface area (Å²) in [7, 11) is 0. The minimum absolute atomic E-state index is 0.172. The first kappa shape index (κ1) is 24.1. The van der Waals surface area contributed by atoms with Crippen molar-refractivity contribution in [2.75, 3.05) is 18.5 Å². The van der Waals surface area contributed by atoms with Crippen LogP contribution in [-0.4, -0.2) is 19.1 Å². The predicted octanol–water partition coefficient (Wildman–Crippen LogP) is 6.55. The van der Waals surface area contributed by atoms with Crippen molar-refractivity contribution in [1.82, 2.24) is 0 Å². The molecule has 0 aliphatic rings. The van der Waals surface area contributed by atoms with Gasteiger partial charge in [-0.1, -0.05) is 47.5 Å². The van der Waals surface area contributed by atoms with Gasteiger partial charge in [0.15, 0.2) is 18.1 Å². The summed E-state index contributed by atoms with van der Waals surface area (Å²) in [5.74, 6) is 0.646. The van der Waals surface area contributed by atoms with Gasteiger partial charge in [-0.3, -0.25) is 4.79 Å². The third-order valence-corrected chi connectivity index (χ3v) is 5.40. The monoisotopic (exact) mass is 504 g/mol. The quantitative estimate of drug-likeness (QED) is 0.279. The van der Waals surface area contributed by atoms with Gasteiger partial charge in [-0.15, -0.1) is 0 Å². The van der Waals surface area contributed by atoms with Crippen LogP contribution in [-0.2, 0) is 4.79 Å². The zero-order valence-electron chi connectivity index (χ0n) is 18.8. The molecule has 0 saturated carbocycles. The first-order valence-electron chi connectivity index (χ1n) is 10.5.